The summed E-state index contributed by atoms with van der Waals surface area (Å²) in [6, 6.07) is 2.20. The summed E-state index contributed by atoms with van der Waals surface area (Å²) in [6.07, 6.45) is 0. The molecule has 0 unspecified atom stereocenters. The van der Waals surface area contributed by atoms with Gasteiger partial charge in [0.05, 0.1) is 9.50 Å². The van der Waals surface area contributed by atoms with Gasteiger partial charge in [0.25, 0.3) is 5.91 Å². The van der Waals surface area contributed by atoms with Crippen molar-refractivity contribution in [1.29, 1.82) is 0 Å². The Morgan fingerprint density at radius 2 is 2.23 bits per heavy atom. The Morgan fingerprint density at radius 3 is 2.69 bits per heavy atom. The molecule has 6 heteroatoms. The Kier molecular flexibility index (Phi) is 3.24. The second-order valence-corrected chi connectivity index (χ2v) is 3.40. The van der Waals surface area contributed by atoms with Crippen molar-refractivity contribution in [3.8, 4) is 0 Å². The topological polar surface area (TPSA) is 49.3 Å². The smallest absolute Gasteiger partial charge is 0.274 e. The van der Waals surface area contributed by atoms with Gasteiger partial charge in [-0.25, -0.2) is 9.87 Å². The van der Waals surface area contributed by atoms with Crippen molar-refractivity contribution in [3.63, 3.8) is 0 Å². The van der Waals surface area contributed by atoms with Crippen LogP contribution in [0.1, 0.15) is 10.4 Å². The third kappa shape index (κ3) is 2.18. The molecule has 2 N–H and O–H groups in total. The van der Waals surface area contributed by atoms with Crippen LogP contribution in [-0.2, 0) is 0 Å². The molecule has 1 amide bonds. The van der Waals surface area contributed by atoms with E-state index >= 15 is 0 Å². The van der Waals surface area contributed by atoms with E-state index in [1.807, 2.05) is 0 Å². The van der Waals surface area contributed by atoms with E-state index in [2.05, 4.69) is 15.9 Å². The van der Waals surface area contributed by atoms with Crippen molar-refractivity contribution in [2.45, 2.75) is 0 Å². The van der Waals surface area contributed by atoms with Crippen molar-refractivity contribution in [3.05, 3.63) is 33.0 Å². The number of amides is 1. The van der Waals surface area contributed by atoms with Gasteiger partial charge in [0.2, 0.25) is 0 Å². The van der Waals surface area contributed by atoms with Crippen LogP contribution in [0.5, 0.6) is 0 Å². The average Bonchev–Trinajstić information content (AvgIpc) is 2.12. The number of benzene rings is 1. The third-order valence-electron chi connectivity index (χ3n) is 1.35. The normalized spacial score (nSPS) is 9.85. The van der Waals surface area contributed by atoms with Gasteiger partial charge in [-0.2, -0.15) is 0 Å². The molecule has 1 aromatic rings. The van der Waals surface area contributed by atoms with E-state index in [0.29, 0.717) is 0 Å². The molecule has 0 fully saturated rings. The van der Waals surface area contributed by atoms with Crippen LogP contribution >= 0.6 is 27.5 Å². The number of rotatable bonds is 1. The van der Waals surface area contributed by atoms with E-state index in [0.717, 1.165) is 6.07 Å². The number of hydroxylamine groups is 1. The van der Waals surface area contributed by atoms with Crippen molar-refractivity contribution in [2.24, 2.45) is 0 Å². The van der Waals surface area contributed by atoms with Gasteiger partial charge in [-0.15, -0.1) is 0 Å². The van der Waals surface area contributed by atoms with E-state index in [4.69, 9.17) is 16.8 Å². The lowest BCUT2D eigenvalue weighted by Crippen LogP contribution is -2.18. The molecular formula is C7H4BrClFNO2. The number of halogens is 3. The number of nitrogens with one attached hydrogen (secondary N) is 1. The summed E-state index contributed by atoms with van der Waals surface area (Å²) in [5.41, 5.74) is 1.33. The minimum Gasteiger partial charge on any atom is -0.288 e. The average molecular weight is 268 g/mol. The molecule has 0 aromatic heterocycles. The van der Waals surface area contributed by atoms with E-state index in [1.165, 1.54) is 11.5 Å². The highest BCUT2D eigenvalue weighted by Gasteiger charge is 2.11. The molecule has 0 aliphatic heterocycles. The largest absolute Gasteiger partial charge is 0.288 e. The molecule has 0 atom stereocenters. The van der Waals surface area contributed by atoms with Crippen molar-refractivity contribution >= 4 is 33.4 Å². The highest BCUT2D eigenvalue weighted by molar-refractivity contribution is 9.10. The zero-order chi connectivity index (χ0) is 10.0. The first-order valence-electron chi connectivity index (χ1n) is 3.15. The lowest BCUT2D eigenvalue weighted by atomic mass is 10.2. The standard InChI is InChI=1S/C7H4BrClFNO2/c8-6-4(9)1-3(2-5(6)10)7(12)11-13/h1-2,13H,(H,11,12). The van der Waals surface area contributed by atoms with Gasteiger partial charge in [0.1, 0.15) is 5.82 Å². The number of carbonyl (C=O) groups is 1. The van der Waals surface area contributed by atoms with Crippen LogP contribution in [0.2, 0.25) is 5.02 Å². The van der Waals surface area contributed by atoms with Gasteiger partial charge in [0, 0.05) is 5.56 Å². The maximum absolute atomic E-state index is 12.9. The van der Waals surface area contributed by atoms with Crippen LogP contribution in [0.15, 0.2) is 16.6 Å². The first-order valence-corrected chi connectivity index (χ1v) is 4.32. The van der Waals surface area contributed by atoms with Crippen LogP contribution in [0, 0.1) is 5.82 Å². The van der Waals surface area contributed by atoms with E-state index in [9.17, 15) is 9.18 Å². The molecule has 1 aromatic carbocycles. The van der Waals surface area contributed by atoms with Gasteiger partial charge in [-0.3, -0.25) is 10.0 Å². The molecule has 0 saturated heterocycles. The summed E-state index contributed by atoms with van der Waals surface area (Å²) in [6.45, 7) is 0. The van der Waals surface area contributed by atoms with Gasteiger partial charge >= 0.3 is 0 Å². The van der Waals surface area contributed by atoms with Crippen molar-refractivity contribution in [2.75, 3.05) is 0 Å². The highest BCUT2D eigenvalue weighted by atomic mass is 79.9. The van der Waals surface area contributed by atoms with Gasteiger partial charge < -0.3 is 0 Å². The molecule has 0 bridgehead atoms. The number of hydrogen-bond donors (Lipinski definition) is 2. The summed E-state index contributed by atoms with van der Waals surface area (Å²) in [7, 11) is 0. The van der Waals surface area contributed by atoms with E-state index in [1.54, 1.807) is 0 Å². The predicted octanol–water partition coefficient (Wildman–Crippen LogP) is 2.36. The molecule has 0 saturated carbocycles. The van der Waals surface area contributed by atoms with Gasteiger partial charge in [-0.1, -0.05) is 11.6 Å². The fourth-order valence-electron chi connectivity index (χ4n) is 0.751. The molecule has 0 aliphatic carbocycles. The summed E-state index contributed by atoms with van der Waals surface area (Å²) in [4.78, 5) is 10.8. The SMILES string of the molecule is O=C(NO)c1cc(F)c(Br)c(Cl)c1. The molecule has 3 nitrogen and oxygen atoms in total. The first kappa shape index (κ1) is 10.4. The van der Waals surface area contributed by atoms with Crippen LogP contribution in [0.25, 0.3) is 0 Å². The fraction of sp³-hybridized carbons (Fsp3) is 0. The van der Waals surface area contributed by atoms with Crippen LogP contribution in [-0.4, -0.2) is 11.1 Å². The maximum Gasteiger partial charge on any atom is 0.274 e. The van der Waals surface area contributed by atoms with Crippen LogP contribution in [0.3, 0.4) is 0 Å². The van der Waals surface area contributed by atoms with Crippen molar-refractivity contribution in [1.82, 2.24) is 5.48 Å². The number of carbonyl (C=O) groups excluding carboxylic acids is 1. The van der Waals surface area contributed by atoms with Crippen molar-refractivity contribution < 1.29 is 14.4 Å². The Labute approximate surface area is 86.6 Å². The molecule has 0 heterocycles. The van der Waals surface area contributed by atoms with Gasteiger partial charge in [0.15, 0.2) is 0 Å². The Bertz CT molecular complexity index is 335. The first-order chi connectivity index (χ1) is 6.06. The summed E-state index contributed by atoms with van der Waals surface area (Å²) in [5.74, 6) is -1.47. The summed E-state index contributed by atoms with van der Waals surface area (Å²) < 4.78 is 13.0. The third-order valence-corrected chi connectivity index (χ3v) is 2.68. The minimum atomic E-state index is -0.812. The summed E-state index contributed by atoms with van der Waals surface area (Å²) in [5, 5.41) is 8.33. The van der Waals surface area contributed by atoms with E-state index in [-0.39, 0.29) is 15.1 Å². The Morgan fingerprint density at radius 1 is 1.62 bits per heavy atom. The molecule has 70 valence electrons. The van der Waals surface area contributed by atoms with E-state index < -0.39 is 11.7 Å². The summed E-state index contributed by atoms with van der Waals surface area (Å²) >= 11 is 8.45. The lowest BCUT2D eigenvalue weighted by molar-refractivity contribution is 0.0706. The molecular weight excluding hydrogens is 264 g/mol. The minimum absolute atomic E-state index is 0.0480. The monoisotopic (exact) mass is 267 g/mol. The van der Waals surface area contributed by atoms with Crippen LogP contribution in [0.4, 0.5) is 4.39 Å². The Balaban J connectivity index is 3.20. The lowest BCUT2D eigenvalue weighted by Gasteiger charge is -2.02. The molecule has 0 aliphatic rings. The molecule has 0 radical (unpaired) electrons. The molecule has 0 spiro atoms. The molecule has 1 rings (SSSR count). The quantitative estimate of drug-likeness (QED) is 0.467. The predicted molar refractivity (Wildman–Crippen MR) is 48.4 cm³/mol. The number of hydrogen-bond acceptors (Lipinski definition) is 2. The second-order valence-electron chi connectivity index (χ2n) is 2.19. The van der Waals surface area contributed by atoms with Gasteiger partial charge in [-0.05, 0) is 28.1 Å². The zero-order valence-electron chi connectivity index (χ0n) is 6.14. The zero-order valence-corrected chi connectivity index (χ0v) is 8.49. The van der Waals surface area contributed by atoms with Crippen LogP contribution < -0.4 is 5.48 Å². The maximum atomic E-state index is 12.9. The highest BCUT2D eigenvalue weighted by Crippen LogP contribution is 2.26. The second kappa shape index (κ2) is 4.04. The fourth-order valence-corrected chi connectivity index (χ4v) is 1.19. The molecule has 13 heavy (non-hydrogen) atoms. The Hall–Kier alpha value is -0.650.